The van der Waals surface area contributed by atoms with Gasteiger partial charge in [0.1, 0.15) is 36.5 Å². The monoisotopic (exact) mass is 686 g/mol. The van der Waals surface area contributed by atoms with E-state index in [2.05, 4.69) is 21.4 Å². The van der Waals surface area contributed by atoms with Gasteiger partial charge in [0.2, 0.25) is 0 Å². The maximum atomic E-state index is 12.1. The minimum absolute atomic E-state index is 0. The molecular weight excluding hydrogens is 641 g/mol. The van der Waals surface area contributed by atoms with E-state index in [1.54, 1.807) is 19.1 Å². The van der Waals surface area contributed by atoms with Crippen LogP contribution in [0, 0.1) is 0 Å². The second-order valence-corrected chi connectivity index (χ2v) is 12.6. The third-order valence-corrected chi connectivity index (χ3v) is 8.91. The molecule has 0 heterocycles. The molecule has 1 atom stereocenters. The van der Waals surface area contributed by atoms with Crippen LogP contribution in [0.3, 0.4) is 0 Å². The van der Waals surface area contributed by atoms with Crippen LogP contribution in [0.5, 0.6) is 11.5 Å². The summed E-state index contributed by atoms with van der Waals surface area (Å²) >= 11 is 0. The molecule has 10 heteroatoms. The number of aliphatic hydroxyl groups is 1. The summed E-state index contributed by atoms with van der Waals surface area (Å²) in [6.07, 6.45) is 3.18. The zero-order chi connectivity index (χ0) is 33.7. The number of rotatable bonds is 15. The van der Waals surface area contributed by atoms with Crippen LogP contribution < -0.4 is 9.47 Å². The summed E-state index contributed by atoms with van der Waals surface area (Å²) in [6, 6.07) is 32.7. The predicted octanol–water partition coefficient (Wildman–Crippen LogP) is 7.74. The van der Waals surface area contributed by atoms with Crippen LogP contribution in [0.15, 0.2) is 107 Å². The number of esters is 1. The van der Waals surface area contributed by atoms with Gasteiger partial charge in [-0.2, -0.15) is 8.42 Å². The normalized spacial score (nSPS) is 16.2. The van der Waals surface area contributed by atoms with E-state index in [9.17, 15) is 18.3 Å². The maximum absolute atomic E-state index is 12.1. The van der Waals surface area contributed by atoms with E-state index in [1.807, 2.05) is 72.8 Å². The summed E-state index contributed by atoms with van der Waals surface area (Å²) in [4.78, 5) is 14.4. The zero-order valence-corrected chi connectivity index (χ0v) is 27.9. The van der Waals surface area contributed by atoms with Gasteiger partial charge in [0.25, 0.3) is 0 Å². The van der Waals surface area contributed by atoms with Gasteiger partial charge in [-0.15, -0.1) is 4.36 Å². The molecule has 0 amide bonds. The summed E-state index contributed by atoms with van der Waals surface area (Å²) in [5.41, 5.74) is 4.04. The summed E-state index contributed by atoms with van der Waals surface area (Å²) < 4.78 is 43.4. The van der Waals surface area contributed by atoms with Crippen LogP contribution in [-0.4, -0.2) is 56.3 Å². The third-order valence-electron chi connectivity index (χ3n) is 8.56. The van der Waals surface area contributed by atoms with Crippen LogP contribution in [0.1, 0.15) is 73.0 Å². The van der Waals surface area contributed by atoms with Crippen molar-refractivity contribution in [2.75, 3.05) is 19.8 Å². The molecule has 1 aliphatic rings. The molecule has 49 heavy (non-hydrogen) atoms. The number of carbonyl (C=O) groups excluding carboxylic acids is 1. The van der Waals surface area contributed by atoms with Gasteiger partial charge in [-0.3, -0.25) is 4.90 Å². The van der Waals surface area contributed by atoms with Crippen LogP contribution in [0.2, 0.25) is 0 Å². The van der Waals surface area contributed by atoms with Crippen LogP contribution in [-0.2, 0) is 28.4 Å². The van der Waals surface area contributed by atoms with E-state index in [0.29, 0.717) is 42.7 Å². The molecule has 0 unspecified atom stereocenters. The molecule has 1 fully saturated rings. The Labute approximate surface area is 291 Å². The Morgan fingerprint density at radius 3 is 2.16 bits per heavy atom. The second-order valence-electron chi connectivity index (χ2n) is 11.9. The molecule has 1 saturated carbocycles. The Morgan fingerprint density at radius 1 is 0.878 bits per heavy atom. The van der Waals surface area contributed by atoms with Gasteiger partial charge in [-0.05, 0) is 79.5 Å². The van der Waals surface area contributed by atoms with Crippen molar-refractivity contribution < 1.29 is 32.5 Å². The molecule has 4 aromatic carbocycles. The molecule has 1 N–H and O–H groups in total. The topological polar surface area (TPSA) is 115 Å². The highest BCUT2D eigenvalue weighted by Crippen LogP contribution is 2.36. The lowest BCUT2D eigenvalue weighted by Gasteiger charge is -2.38. The molecule has 0 radical (unpaired) electrons. The highest BCUT2D eigenvalue weighted by Gasteiger charge is 2.28. The quantitative estimate of drug-likeness (QED) is 0.126. The first kappa shape index (κ1) is 37.3. The van der Waals surface area contributed by atoms with Crippen LogP contribution >= 0.6 is 0 Å². The maximum Gasteiger partial charge on any atom is 0.338 e. The van der Waals surface area contributed by atoms with Gasteiger partial charge < -0.3 is 19.3 Å². The van der Waals surface area contributed by atoms with E-state index in [0.717, 1.165) is 31.2 Å². The standard InChI is InChI=1S/C38H42N2O7S.CH4/c1-2-45-38(42)32-15-13-30(14-16-32)31-17-19-33(20-18-31)40(24-28-9-5-3-6-10-28)25-34(41)27-46-35-21-22-37(36(23-35)39-48(43)44)47-26-29-11-7-4-8-12-29;/h3-16,21-23,31,33-34,41H,2,17-20,24-27H2,1H3;1H4/t31?,33?,34-;/m0./s1. The summed E-state index contributed by atoms with van der Waals surface area (Å²) in [5, 5.41) is 11.2. The number of aliphatic hydroxyl groups excluding tert-OH is 1. The molecule has 0 saturated heterocycles. The number of carbonyl (C=O) groups is 1. The molecule has 0 aliphatic heterocycles. The number of ether oxygens (including phenoxy) is 3. The Kier molecular flexibility index (Phi) is 14.4. The highest BCUT2D eigenvalue weighted by atomic mass is 32.2. The van der Waals surface area contributed by atoms with E-state index in [4.69, 9.17) is 14.2 Å². The first-order valence-electron chi connectivity index (χ1n) is 16.4. The molecule has 5 rings (SSSR count). The van der Waals surface area contributed by atoms with Gasteiger partial charge in [-0.25, -0.2) is 4.79 Å². The predicted molar refractivity (Wildman–Crippen MR) is 191 cm³/mol. The zero-order valence-electron chi connectivity index (χ0n) is 27.1. The fourth-order valence-electron chi connectivity index (χ4n) is 6.15. The Balaban J connectivity index is 0.00000541. The average molecular weight is 687 g/mol. The van der Waals surface area contributed by atoms with Crippen molar-refractivity contribution >= 4 is 22.2 Å². The van der Waals surface area contributed by atoms with E-state index >= 15 is 0 Å². The van der Waals surface area contributed by atoms with Gasteiger partial charge in [-0.1, -0.05) is 80.2 Å². The van der Waals surface area contributed by atoms with E-state index in [1.165, 1.54) is 17.2 Å². The van der Waals surface area contributed by atoms with Crippen molar-refractivity contribution in [3.63, 3.8) is 0 Å². The third kappa shape index (κ3) is 11.3. The van der Waals surface area contributed by atoms with Crippen molar-refractivity contribution in [1.29, 1.82) is 0 Å². The SMILES string of the molecule is C.CCOC(=O)c1ccc(C2CCC(N(Cc3ccccc3)C[C@H](O)COc3ccc(OCc4ccccc4)c(N=S(=O)=O)c3)CC2)cc1. The van der Waals surface area contributed by atoms with Crippen molar-refractivity contribution in [3.05, 3.63) is 125 Å². The highest BCUT2D eigenvalue weighted by molar-refractivity contribution is 7.61. The first-order valence-corrected chi connectivity index (χ1v) is 17.4. The molecule has 260 valence electrons. The second kappa shape index (κ2) is 18.9. The average Bonchev–Trinajstić information content (AvgIpc) is 3.11. The summed E-state index contributed by atoms with van der Waals surface area (Å²) in [6.45, 7) is 3.55. The van der Waals surface area contributed by atoms with Crippen molar-refractivity contribution in [3.8, 4) is 11.5 Å². The number of hydrogen-bond acceptors (Lipinski definition) is 9. The minimum atomic E-state index is -2.68. The minimum Gasteiger partial charge on any atom is -0.491 e. The fourth-order valence-corrected chi connectivity index (χ4v) is 6.46. The molecule has 0 bridgehead atoms. The van der Waals surface area contributed by atoms with Crippen molar-refractivity contribution in [2.45, 2.75) is 71.2 Å². The Morgan fingerprint density at radius 2 is 1.53 bits per heavy atom. The summed E-state index contributed by atoms with van der Waals surface area (Å²) in [7, 11) is -2.68. The summed E-state index contributed by atoms with van der Waals surface area (Å²) in [5.74, 6) is 0.808. The molecule has 4 aromatic rings. The van der Waals surface area contributed by atoms with Crippen molar-refractivity contribution in [1.82, 2.24) is 4.90 Å². The Hall–Kier alpha value is -4.51. The largest absolute Gasteiger partial charge is 0.491 e. The lowest BCUT2D eigenvalue weighted by atomic mass is 9.81. The van der Waals surface area contributed by atoms with E-state index < -0.39 is 16.6 Å². The smallest absolute Gasteiger partial charge is 0.338 e. The van der Waals surface area contributed by atoms with Gasteiger partial charge in [0.05, 0.1) is 12.2 Å². The van der Waals surface area contributed by atoms with Gasteiger partial charge >= 0.3 is 16.5 Å². The number of nitrogens with zero attached hydrogens (tertiary/aromatic N) is 2. The number of benzene rings is 4. The first-order chi connectivity index (χ1) is 23.4. The van der Waals surface area contributed by atoms with Gasteiger partial charge in [0, 0.05) is 25.2 Å². The number of hydrogen-bond donors (Lipinski definition) is 1. The lowest BCUT2D eigenvalue weighted by molar-refractivity contribution is 0.0384. The lowest BCUT2D eigenvalue weighted by Crippen LogP contribution is -2.43. The Bertz CT molecular complexity index is 1730. The van der Waals surface area contributed by atoms with Crippen molar-refractivity contribution in [2.24, 2.45) is 4.36 Å². The molecule has 0 spiro atoms. The fraction of sp³-hybridized carbons (Fsp3) is 0.359. The van der Waals surface area contributed by atoms with Crippen LogP contribution in [0.4, 0.5) is 5.69 Å². The van der Waals surface area contributed by atoms with Crippen LogP contribution in [0.25, 0.3) is 0 Å². The molecule has 1 aliphatic carbocycles. The van der Waals surface area contributed by atoms with Gasteiger partial charge in [0.15, 0.2) is 0 Å². The van der Waals surface area contributed by atoms with E-state index in [-0.39, 0.29) is 38.3 Å². The molecule has 0 aromatic heterocycles. The molecular formula is C39H46N2O7S. The molecule has 9 nitrogen and oxygen atoms in total.